The normalized spacial score (nSPS) is 24.1. The average Bonchev–Trinajstić information content (AvgIpc) is 3.34. The number of terminal acetylenes is 1. The van der Waals surface area contributed by atoms with Gasteiger partial charge in [-0.05, 0) is 70.3 Å². The Hall–Kier alpha value is -2.46. The van der Waals surface area contributed by atoms with Crippen molar-refractivity contribution in [3.05, 3.63) is 54.0 Å². The van der Waals surface area contributed by atoms with Gasteiger partial charge in [0.05, 0.1) is 30.4 Å². The molecule has 2 fully saturated rings. The summed E-state index contributed by atoms with van der Waals surface area (Å²) in [6, 6.07) is 5.51. The molecule has 1 aromatic rings. The predicted molar refractivity (Wildman–Crippen MR) is 143 cm³/mol. The summed E-state index contributed by atoms with van der Waals surface area (Å²) >= 11 is 0. The molecular formula is C28H42N6. The van der Waals surface area contributed by atoms with Crippen LogP contribution < -0.4 is 0 Å². The zero-order valence-corrected chi connectivity index (χ0v) is 21.1. The van der Waals surface area contributed by atoms with Gasteiger partial charge in [-0.3, -0.25) is 19.7 Å². The average molecular weight is 463 g/mol. The highest BCUT2D eigenvalue weighted by Gasteiger charge is 2.31. The summed E-state index contributed by atoms with van der Waals surface area (Å²) in [7, 11) is 2.22. The molecule has 0 saturated carbocycles. The molecule has 1 aromatic heterocycles. The number of nitrogens with zero attached hydrogens (tertiary/aromatic N) is 6. The first-order chi connectivity index (χ1) is 16.7. The van der Waals surface area contributed by atoms with Gasteiger partial charge in [0.15, 0.2) is 0 Å². The zero-order valence-electron chi connectivity index (χ0n) is 21.1. The summed E-state index contributed by atoms with van der Waals surface area (Å²) in [5, 5.41) is 0. The van der Waals surface area contributed by atoms with Crippen molar-refractivity contribution in [2.75, 3.05) is 53.0 Å². The second kappa shape index (κ2) is 13.4. The lowest BCUT2D eigenvalue weighted by molar-refractivity contribution is 0.0790. The van der Waals surface area contributed by atoms with E-state index in [1.807, 2.05) is 13.1 Å². The number of likely N-dealkylation sites (N-methyl/N-ethyl adjacent to an activating group) is 1. The first-order valence-corrected chi connectivity index (χ1v) is 12.7. The van der Waals surface area contributed by atoms with Gasteiger partial charge in [-0.1, -0.05) is 12.1 Å². The number of pyridine rings is 1. The number of fused-ring (bicyclic) bond motifs is 2. The molecule has 3 aliphatic heterocycles. The highest BCUT2D eigenvalue weighted by Crippen LogP contribution is 2.32. The van der Waals surface area contributed by atoms with E-state index in [9.17, 15) is 0 Å². The van der Waals surface area contributed by atoms with Crippen molar-refractivity contribution in [1.29, 1.82) is 0 Å². The molecule has 0 bridgehead atoms. The van der Waals surface area contributed by atoms with Crippen LogP contribution in [0.4, 0.5) is 0 Å². The van der Waals surface area contributed by atoms with Gasteiger partial charge in [0, 0.05) is 45.0 Å². The van der Waals surface area contributed by atoms with Crippen LogP contribution in [0, 0.1) is 12.8 Å². The number of aromatic nitrogens is 1. The fourth-order valence-corrected chi connectivity index (χ4v) is 5.50. The molecule has 1 aliphatic carbocycles. The largest absolute Gasteiger partial charge is 0.346 e. The molecule has 0 spiro atoms. The van der Waals surface area contributed by atoms with Gasteiger partial charge >= 0.3 is 0 Å². The van der Waals surface area contributed by atoms with E-state index in [4.69, 9.17) is 9.98 Å². The van der Waals surface area contributed by atoms with Crippen molar-refractivity contribution in [2.45, 2.75) is 51.1 Å². The molecule has 34 heavy (non-hydrogen) atoms. The molecule has 0 radical (unpaired) electrons. The smallest absolute Gasteiger partial charge is 0.0922 e. The summed E-state index contributed by atoms with van der Waals surface area (Å²) < 4.78 is 0. The van der Waals surface area contributed by atoms with Crippen molar-refractivity contribution in [3.63, 3.8) is 0 Å². The minimum atomic E-state index is 0.414. The zero-order chi connectivity index (χ0) is 24.3. The third kappa shape index (κ3) is 6.79. The second-order valence-electron chi connectivity index (χ2n) is 9.54. The van der Waals surface area contributed by atoms with Crippen molar-refractivity contribution in [1.82, 2.24) is 24.6 Å². The van der Waals surface area contributed by atoms with Crippen molar-refractivity contribution in [3.8, 4) is 12.8 Å². The van der Waals surface area contributed by atoms with Gasteiger partial charge in [0.2, 0.25) is 0 Å². The molecule has 1 unspecified atom stereocenters. The predicted octanol–water partition coefficient (Wildman–Crippen LogP) is 3.80. The molecule has 5 rings (SSSR count). The van der Waals surface area contributed by atoms with E-state index in [2.05, 4.69) is 70.6 Å². The van der Waals surface area contributed by atoms with Crippen molar-refractivity contribution < 1.29 is 0 Å². The Labute approximate surface area is 207 Å². The Morgan fingerprint density at radius 2 is 2.03 bits per heavy atom. The standard InChI is InChI=1S/C23H34N6.C3H6.C2H2/c1-26(22-8-2-5-19-6-3-10-24-23(19)22)15-20-9-12-28(17-25-20)18-27-13-14-29-11-4-7-21(29)16-27;1-3-2;1-2/h3,6,9-10,17,21-22H,2,4-5,7-8,11-16,18H2,1H3;3H,1H2,2H3;1-2H/t21?,22-;;/m0../s1. The van der Waals surface area contributed by atoms with Crippen LogP contribution in [-0.4, -0.2) is 89.9 Å². The fourth-order valence-electron chi connectivity index (χ4n) is 5.50. The maximum absolute atomic E-state index is 4.80. The van der Waals surface area contributed by atoms with E-state index < -0.39 is 0 Å². The van der Waals surface area contributed by atoms with E-state index in [1.54, 1.807) is 6.08 Å². The van der Waals surface area contributed by atoms with Crippen molar-refractivity contribution >= 4 is 6.34 Å². The molecule has 0 amide bonds. The molecule has 4 heterocycles. The minimum Gasteiger partial charge on any atom is -0.346 e. The number of aryl methyl sites for hydroxylation is 1. The van der Waals surface area contributed by atoms with Gasteiger partial charge in [-0.25, -0.2) is 4.99 Å². The topological polar surface area (TPSA) is 38.2 Å². The molecule has 4 aliphatic rings. The van der Waals surface area contributed by atoms with Crippen molar-refractivity contribution in [2.24, 2.45) is 4.99 Å². The summed E-state index contributed by atoms with van der Waals surface area (Å²) in [6.45, 7) is 13.1. The molecule has 6 nitrogen and oxygen atoms in total. The Morgan fingerprint density at radius 3 is 2.79 bits per heavy atom. The molecular weight excluding hydrogens is 420 g/mol. The lowest BCUT2D eigenvalue weighted by atomic mass is 9.91. The van der Waals surface area contributed by atoms with E-state index >= 15 is 0 Å². The Kier molecular flexibility index (Phi) is 10.3. The number of piperazine rings is 1. The van der Waals surface area contributed by atoms with Crippen LogP contribution in [0.2, 0.25) is 0 Å². The quantitative estimate of drug-likeness (QED) is 0.492. The highest BCUT2D eigenvalue weighted by molar-refractivity contribution is 5.58. The van der Waals surface area contributed by atoms with Gasteiger partial charge < -0.3 is 4.90 Å². The first kappa shape index (κ1) is 26.2. The van der Waals surface area contributed by atoms with Crippen LogP contribution in [0.5, 0.6) is 0 Å². The van der Waals surface area contributed by atoms with Gasteiger partial charge in [0.25, 0.3) is 0 Å². The van der Waals surface area contributed by atoms with Gasteiger partial charge in [-0.15, -0.1) is 19.4 Å². The molecule has 184 valence electrons. The molecule has 0 N–H and O–H groups in total. The molecule has 2 saturated heterocycles. The number of hydrogen-bond donors (Lipinski definition) is 0. The molecule has 6 heteroatoms. The maximum Gasteiger partial charge on any atom is 0.0922 e. The maximum atomic E-state index is 4.80. The van der Waals surface area contributed by atoms with Crippen LogP contribution >= 0.6 is 0 Å². The Balaban J connectivity index is 0.000000603. The number of aliphatic imine (C=N–C) groups is 1. The van der Waals surface area contributed by atoms with Crippen LogP contribution in [0.25, 0.3) is 0 Å². The molecule has 0 aromatic carbocycles. The summed E-state index contributed by atoms with van der Waals surface area (Å²) in [5.41, 5.74) is 3.88. The van der Waals surface area contributed by atoms with Crippen LogP contribution in [0.3, 0.4) is 0 Å². The number of allylic oxidation sites excluding steroid dienone is 1. The van der Waals surface area contributed by atoms with Gasteiger partial charge in [-0.2, -0.15) is 0 Å². The third-order valence-electron chi connectivity index (χ3n) is 7.11. The minimum absolute atomic E-state index is 0.414. The Bertz CT molecular complexity index is 859. The van der Waals surface area contributed by atoms with E-state index in [0.29, 0.717) is 6.04 Å². The summed E-state index contributed by atoms with van der Waals surface area (Å²) in [5.74, 6) is 0. The van der Waals surface area contributed by atoms with Gasteiger partial charge in [0.1, 0.15) is 0 Å². The number of rotatable bonds is 5. The van der Waals surface area contributed by atoms with Crippen LogP contribution in [0.1, 0.15) is 49.9 Å². The first-order valence-electron chi connectivity index (χ1n) is 12.7. The molecule has 2 atom stereocenters. The van der Waals surface area contributed by atoms with E-state index in [1.165, 1.54) is 75.2 Å². The summed E-state index contributed by atoms with van der Waals surface area (Å²) in [6.07, 6.45) is 22.4. The Morgan fingerprint density at radius 1 is 1.21 bits per heavy atom. The lowest BCUT2D eigenvalue weighted by Crippen LogP contribution is -2.53. The highest BCUT2D eigenvalue weighted by atomic mass is 15.4. The van der Waals surface area contributed by atoms with Crippen LogP contribution in [0.15, 0.2) is 47.7 Å². The second-order valence-corrected chi connectivity index (χ2v) is 9.54. The fraction of sp³-hybridized carbons (Fsp3) is 0.571. The van der Waals surface area contributed by atoms with E-state index in [-0.39, 0.29) is 0 Å². The van der Waals surface area contributed by atoms with E-state index in [0.717, 1.165) is 25.8 Å². The lowest BCUT2D eigenvalue weighted by Gasteiger charge is -2.39. The number of hydrogen-bond acceptors (Lipinski definition) is 6. The summed E-state index contributed by atoms with van der Waals surface area (Å²) in [4.78, 5) is 19.6. The SMILES string of the molecule is C#C.C=CC.CN(CC1=CCN(CN2CCN3CCCC3C2)C=N1)[C@H]1CCCc2cccnc21. The monoisotopic (exact) mass is 462 g/mol. The van der Waals surface area contributed by atoms with Crippen LogP contribution in [-0.2, 0) is 6.42 Å². The third-order valence-corrected chi connectivity index (χ3v) is 7.11.